The summed E-state index contributed by atoms with van der Waals surface area (Å²) in [6, 6.07) is 9.65. The lowest BCUT2D eigenvalue weighted by atomic mass is 9.95. The van der Waals surface area contributed by atoms with Crippen LogP contribution < -0.4 is 10.6 Å². The highest BCUT2D eigenvalue weighted by atomic mass is 35.5. The summed E-state index contributed by atoms with van der Waals surface area (Å²) in [7, 11) is 0. The number of halogens is 2. The van der Waals surface area contributed by atoms with Crippen LogP contribution >= 0.6 is 12.4 Å². The van der Waals surface area contributed by atoms with Crippen LogP contribution in [0.4, 0.5) is 4.39 Å². The van der Waals surface area contributed by atoms with E-state index in [0.717, 1.165) is 5.56 Å². The monoisotopic (exact) mass is 316 g/mol. The quantitative estimate of drug-likeness (QED) is 0.743. The maximum Gasteiger partial charge on any atom is 0.259 e. The van der Waals surface area contributed by atoms with Crippen molar-refractivity contribution in [3.63, 3.8) is 0 Å². The van der Waals surface area contributed by atoms with Crippen molar-refractivity contribution in [1.29, 1.82) is 0 Å². The fourth-order valence-corrected chi connectivity index (χ4v) is 2.50. The van der Waals surface area contributed by atoms with Gasteiger partial charge in [0.25, 0.3) is 5.91 Å². The number of hydrogen-bond donors (Lipinski definition) is 3. The van der Waals surface area contributed by atoms with Gasteiger partial charge in [0.2, 0.25) is 5.67 Å². The van der Waals surface area contributed by atoms with Gasteiger partial charge in [0.05, 0.1) is 0 Å². The van der Waals surface area contributed by atoms with Gasteiger partial charge in [-0.25, -0.2) is 4.39 Å². The van der Waals surface area contributed by atoms with Crippen molar-refractivity contribution in [2.75, 3.05) is 26.2 Å². The largest absolute Gasteiger partial charge is 0.396 e. The van der Waals surface area contributed by atoms with E-state index in [1.54, 1.807) is 0 Å². The average molecular weight is 317 g/mol. The Morgan fingerprint density at radius 3 is 2.71 bits per heavy atom. The summed E-state index contributed by atoms with van der Waals surface area (Å²) >= 11 is 0. The van der Waals surface area contributed by atoms with E-state index in [2.05, 4.69) is 10.6 Å². The number of rotatable bonds is 6. The van der Waals surface area contributed by atoms with Gasteiger partial charge in [-0.3, -0.25) is 4.79 Å². The minimum absolute atomic E-state index is 0. The highest BCUT2D eigenvalue weighted by Crippen LogP contribution is 2.22. The van der Waals surface area contributed by atoms with Crippen molar-refractivity contribution in [2.24, 2.45) is 0 Å². The second-order valence-corrected chi connectivity index (χ2v) is 5.22. The van der Waals surface area contributed by atoms with Crippen LogP contribution in [0, 0.1) is 0 Å². The molecule has 0 saturated carbocycles. The number of carbonyl (C=O) groups is 1. The lowest BCUT2D eigenvalue weighted by Crippen LogP contribution is -2.46. The van der Waals surface area contributed by atoms with Crippen LogP contribution in [0.5, 0.6) is 0 Å². The third-order valence-corrected chi connectivity index (χ3v) is 3.77. The topological polar surface area (TPSA) is 61.4 Å². The summed E-state index contributed by atoms with van der Waals surface area (Å²) in [6.07, 6.45) is 0.761. The maximum atomic E-state index is 14.2. The molecule has 0 aliphatic carbocycles. The first-order valence-electron chi connectivity index (χ1n) is 6.99. The molecule has 118 valence electrons. The molecule has 2 rings (SSSR count). The minimum atomic E-state index is -1.79. The summed E-state index contributed by atoms with van der Waals surface area (Å²) < 4.78 is 14.2. The zero-order chi connectivity index (χ0) is 14.4. The van der Waals surface area contributed by atoms with Crippen molar-refractivity contribution >= 4 is 18.3 Å². The molecular formula is C15H22ClFN2O2. The Balaban J connectivity index is 0.00000220. The molecule has 21 heavy (non-hydrogen) atoms. The molecule has 1 heterocycles. The van der Waals surface area contributed by atoms with Crippen LogP contribution in [0.15, 0.2) is 30.3 Å². The van der Waals surface area contributed by atoms with Gasteiger partial charge in [-0.15, -0.1) is 12.4 Å². The Bertz CT molecular complexity index is 439. The van der Waals surface area contributed by atoms with Gasteiger partial charge in [-0.05, 0) is 18.5 Å². The molecule has 1 aliphatic rings. The molecule has 1 aromatic rings. The number of hydrogen-bond acceptors (Lipinski definition) is 3. The summed E-state index contributed by atoms with van der Waals surface area (Å²) in [6.45, 7) is 0.990. The number of aliphatic hydroxyl groups excluding tert-OH is 1. The highest BCUT2D eigenvalue weighted by molar-refractivity contribution is 5.86. The van der Waals surface area contributed by atoms with Gasteiger partial charge >= 0.3 is 0 Å². The van der Waals surface area contributed by atoms with E-state index in [4.69, 9.17) is 5.11 Å². The lowest BCUT2D eigenvalue weighted by Gasteiger charge is -2.21. The van der Waals surface area contributed by atoms with Gasteiger partial charge in [0, 0.05) is 32.0 Å². The number of amides is 1. The molecule has 1 fully saturated rings. The Labute approximate surface area is 130 Å². The van der Waals surface area contributed by atoms with Crippen LogP contribution in [-0.2, 0) is 4.79 Å². The number of nitrogens with one attached hydrogen (secondary N) is 2. The number of alkyl halides is 1. The Hall–Kier alpha value is -1.17. The van der Waals surface area contributed by atoms with Gasteiger partial charge in [-0.2, -0.15) is 0 Å². The molecule has 0 aromatic heterocycles. The maximum absolute atomic E-state index is 14.2. The zero-order valence-electron chi connectivity index (χ0n) is 11.8. The fraction of sp³-hybridized carbons (Fsp3) is 0.533. The third-order valence-electron chi connectivity index (χ3n) is 3.77. The first-order valence-corrected chi connectivity index (χ1v) is 6.99. The first kappa shape index (κ1) is 17.9. The van der Waals surface area contributed by atoms with Crippen molar-refractivity contribution in [2.45, 2.75) is 24.4 Å². The van der Waals surface area contributed by atoms with Gasteiger partial charge in [-0.1, -0.05) is 30.3 Å². The van der Waals surface area contributed by atoms with E-state index in [1.807, 2.05) is 30.3 Å². The Morgan fingerprint density at radius 1 is 1.43 bits per heavy atom. The molecular weight excluding hydrogens is 295 g/mol. The van der Waals surface area contributed by atoms with Crippen LogP contribution in [-0.4, -0.2) is 42.9 Å². The predicted octanol–water partition coefficient (Wildman–Crippen LogP) is 1.39. The van der Waals surface area contributed by atoms with Crippen LogP contribution in [0.1, 0.15) is 24.3 Å². The molecule has 0 radical (unpaired) electrons. The highest BCUT2D eigenvalue weighted by Gasteiger charge is 2.41. The number of carbonyl (C=O) groups excluding carboxylic acids is 1. The van der Waals surface area contributed by atoms with Crippen molar-refractivity contribution < 1.29 is 14.3 Å². The van der Waals surface area contributed by atoms with Gasteiger partial charge in [0.15, 0.2) is 0 Å². The van der Waals surface area contributed by atoms with E-state index >= 15 is 0 Å². The van der Waals surface area contributed by atoms with E-state index < -0.39 is 11.6 Å². The molecule has 0 bridgehead atoms. The molecule has 1 amide bonds. The van der Waals surface area contributed by atoms with Crippen molar-refractivity contribution in [3.05, 3.63) is 35.9 Å². The van der Waals surface area contributed by atoms with E-state index in [1.165, 1.54) is 0 Å². The predicted molar refractivity (Wildman–Crippen MR) is 82.5 cm³/mol. The second-order valence-electron chi connectivity index (χ2n) is 5.22. The van der Waals surface area contributed by atoms with E-state index in [9.17, 15) is 9.18 Å². The lowest BCUT2D eigenvalue weighted by molar-refractivity contribution is -0.131. The van der Waals surface area contributed by atoms with E-state index in [-0.39, 0.29) is 37.9 Å². The zero-order valence-corrected chi connectivity index (χ0v) is 12.7. The van der Waals surface area contributed by atoms with Gasteiger partial charge < -0.3 is 15.7 Å². The van der Waals surface area contributed by atoms with Crippen LogP contribution in [0.2, 0.25) is 0 Å². The molecule has 4 nitrogen and oxygen atoms in total. The summed E-state index contributed by atoms with van der Waals surface area (Å²) in [5, 5.41) is 14.7. The summed E-state index contributed by atoms with van der Waals surface area (Å²) in [5.41, 5.74) is -0.750. The summed E-state index contributed by atoms with van der Waals surface area (Å²) in [5.74, 6) is -0.551. The normalized spacial score (nSPS) is 22.4. The summed E-state index contributed by atoms with van der Waals surface area (Å²) in [4.78, 5) is 11.9. The van der Waals surface area contributed by atoms with Gasteiger partial charge in [0.1, 0.15) is 0 Å². The molecule has 6 heteroatoms. The molecule has 0 spiro atoms. The molecule has 1 aromatic carbocycles. The third kappa shape index (κ3) is 4.66. The van der Waals surface area contributed by atoms with Crippen molar-refractivity contribution in [1.82, 2.24) is 10.6 Å². The number of benzene rings is 1. The molecule has 3 N–H and O–H groups in total. The number of aliphatic hydroxyl groups is 1. The second kappa shape index (κ2) is 8.32. The van der Waals surface area contributed by atoms with Crippen LogP contribution in [0.25, 0.3) is 0 Å². The SMILES string of the molecule is Cl.O=C(NCC(CCO)c1ccccc1)C1(F)CCNC1. The molecule has 2 unspecified atom stereocenters. The Kier molecular flexibility index (Phi) is 7.08. The first-order chi connectivity index (χ1) is 9.65. The molecule has 1 saturated heterocycles. The van der Waals surface area contributed by atoms with Crippen molar-refractivity contribution in [3.8, 4) is 0 Å². The molecule has 1 aliphatic heterocycles. The average Bonchev–Trinajstić information content (AvgIpc) is 2.92. The minimum Gasteiger partial charge on any atom is -0.396 e. The van der Waals surface area contributed by atoms with Crippen LogP contribution in [0.3, 0.4) is 0 Å². The standard InChI is InChI=1S/C15H21FN2O2.ClH/c16-15(7-8-17-11-15)14(20)18-10-13(6-9-19)12-4-2-1-3-5-12;/h1-5,13,17,19H,6-11H2,(H,18,20);1H. The molecule has 2 atom stereocenters. The Morgan fingerprint density at radius 2 is 2.14 bits per heavy atom. The van der Waals surface area contributed by atoms with E-state index in [0.29, 0.717) is 19.5 Å². The fourth-order valence-electron chi connectivity index (χ4n) is 2.50. The smallest absolute Gasteiger partial charge is 0.259 e.